The van der Waals surface area contributed by atoms with Crippen molar-refractivity contribution in [2.45, 2.75) is 59.3 Å². The minimum Gasteiger partial charge on any atom is -0.447 e. The van der Waals surface area contributed by atoms with Gasteiger partial charge in [0, 0.05) is 23.8 Å². The Hall–Kier alpha value is -2.93. The van der Waals surface area contributed by atoms with Gasteiger partial charge in [0.1, 0.15) is 0 Å². The molecule has 1 aromatic heterocycles. The van der Waals surface area contributed by atoms with E-state index in [2.05, 4.69) is 49.2 Å². The highest BCUT2D eigenvalue weighted by Crippen LogP contribution is 2.45. The lowest BCUT2D eigenvalue weighted by atomic mass is 10.00. The van der Waals surface area contributed by atoms with E-state index in [0.29, 0.717) is 22.6 Å². The van der Waals surface area contributed by atoms with Crippen LogP contribution in [0.1, 0.15) is 56.2 Å². The van der Waals surface area contributed by atoms with Gasteiger partial charge in [0.2, 0.25) is 23.2 Å². The molecule has 0 radical (unpaired) electrons. The van der Waals surface area contributed by atoms with Crippen LogP contribution in [0.5, 0.6) is 5.88 Å². The molecule has 0 saturated heterocycles. The van der Waals surface area contributed by atoms with Crippen LogP contribution in [-0.2, 0) is 11.2 Å². The van der Waals surface area contributed by atoms with E-state index in [0.717, 1.165) is 40.1 Å². The van der Waals surface area contributed by atoms with Crippen molar-refractivity contribution in [2.75, 3.05) is 10.7 Å². The molecule has 1 amide bonds. The number of thioether (sulfide) groups is 1. The van der Waals surface area contributed by atoms with Crippen LogP contribution in [0.4, 0.5) is 5.69 Å². The van der Waals surface area contributed by atoms with Crippen molar-refractivity contribution in [3.05, 3.63) is 58.7 Å². The summed E-state index contributed by atoms with van der Waals surface area (Å²) < 4.78 is 6.49. The van der Waals surface area contributed by atoms with Gasteiger partial charge in [0.05, 0.1) is 5.69 Å². The number of rotatable bonds is 5. The van der Waals surface area contributed by atoms with E-state index in [1.807, 2.05) is 32.0 Å². The molecule has 0 spiro atoms. The van der Waals surface area contributed by atoms with Crippen molar-refractivity contribution in [1.82, 2.24) is 15.2 Å². The zero-order valence-electron chi connectivity index (χ0n) is 20.0. The van der Waals surface area contributed by atoms with Crippen LogP contribution in [-0.4, -0.2) is 26.8 Å². The number of aromatic nitrogens is 3. The van der Waals surface area contributed by atoms with Crippen molar-refractivity contribution < 1.29 is 9.53 Å². The summed E-state index contributed by atoms with van der Waals surface area (Å²) in [6.45, 7) is 12.0. The summed E-state index contributed by atoms with van der Waals surface area (Å²) in [6, 6.07) is 12.3. The van der Waals surface area contributed by atoms with Gasteiger partial charge in [-0.1, -0.05) is 68.4 Å². The number of amides is 1. The predicted octanol–water partition coefficient (Wildman–Crippen LogP) is 5.91. The van der Waals surface area contributed by atoms with E-state index in [4.69, 9.17) is 9.72 Å². The van der Waals surface area contributed by atoms with Gasteiger partial charge in [-0.3, -0.25) is 9.69 Å². The molecule has 6 nitrogen and oxygen atoms in total. The van der Waals surface area contributed by atoms with Crippen molar-refractivity contribution >= 4 is 23.4 Å². The first-order chi connectivity index (χ1) is 15.8. The maximum atomic E-state index is 13.0. The molecule has 33 heavy (non-hydrogen) atoms. The van der Waals surface area contributed by atoms with E-state index in [9.17, 15) is 4.79 Å². The number of nitrogens with zero attached hydrogens (tertiary/aromatic N) is 4. The molecule has 1 aliphatic rings. The van der Waals surface area contributed by atoms with Gasteiger partial charge >= 0.3 is 0 Å². The van der Waals surface area contributed by atoms with E-state index in [-0.39, 0.29) is 5.91 Å². The second-order valence-electron chi connectivity index (χ2n) is 8.89. The van der Waals surface area contributed by atoms with E-state index < -0.39 is 6.23 Å². The van der Waals surface area contributed by atoms with Crippen LogP contribution in [0, 0.1) is 19.8 Å². The lowest BCUT2D eigenvalue weighted by molar-refractivity contribution is -0.118. The average Bonchev–Trinajstić information content (AvgIpc) is 2.92. The van der Waals surface area contributed by atoms with Gasteiger partial charge in [-0.05, 0) is 43.4 Å². The quantitative estimate of drug-likeness (QED) is 0.439. The summed E-state index contributed by atoms with van der Waals surface area (Å²) in [5.41, 5.74) is 6.32. The highest BCUT2D eigenvalue weighted by molar-refractivity contribution is 7.99. The van der Waals surface area contributed by atoms with E-state index >= 15 is 0 Å². The Labute approximate surface area is 199 Å². The van der Waals surface area contributed by atoms with Crippen LogP contribution in [0.15, 0.2) is 41.6 Å². The number of benzene rings is 2. The minimum absolute atomic E-state index is 0.108. The van der Waals surface area contributed by atoms with Gasteiger partial charge in [0.25, 0.3) is 0 Å². The number of hydrogen-bond donors (Lipinski definition) is 0. The predicted molar refractivity (Wildman–Crippen MR) is 133 cm³/mol. The monoisotopic (exact) mass is 462 g/mol. The Morgan fingerprint density at radius 3 is 2.52 bits per heavy atom. The molecule has 0 saturated carbocycles. The first kappa shape index (κ1) is 23.2. The largest absolute Gasteiger partial charge is 0.447 e. The first-order valence-corrected chi connectivity index (χ1v) is 12.3. The van der Waals surface area contributed by atoms with Crippen LogP contribution in [0.2, 0.25) is 0 Å². The van der Waals surface area contributed by atoms with Crippen LogP contribution >= 0.6 is 11.8 Å². The zero-order chi connectivity index (χ0) is 23.7. The zero-order valence-corrected chi connectivity index (χ0v) is 20.9. The third-order valence-electron chi connectivity index (χ3n) is 5.59. The van der Waals surface area contributed by atoms with Gasteiger partial charge in [-0.2, -0.15) is 4.98 Å². The number of carbonyl (C=O) groups excluding carboxylic acids is 1. The fraction of sp³-hybridized carbons (Fsp3) is 0.385. The molecule has 1 atom stereocenters. The number of hydrogen-bond acceptors (Lipinski definition) is 6. The first-order valence-electron chi connectivity index (χ1n) is 11.3. The SMILES string of the molecule is CCc1ccc([C@H]2Oc3nc(SCC(C)C)nnc3-c3cc(C)cc(C)c3N2C(C)=O)cc1. The molecular formula is C26H30N4O2S. The molecule has 2 aromatic carbocycles. The molecule has 2 heterocycles. The molecule has 0 fully saturated rings. The number of anilines is 1. The van der Waals surface area contributed by atoms with Gasteiger partial charge in [-0.25, -0.2) is 0 Å². The molecular weight excluding hydrogens is 432 g/mol. The van der Waals surface area contributed by atoms with Crippen LogP contribution in [0.25, 0.3) is 11.3 Å². The summed E-state index contributed by atoms with van der Waals surface area (Å²) in [5.74, 6) is 1.68. The van der Waals surface area contributed by atoms with E-state index in [1.165, 1.54) is 5.56 Å². The summed E-state index contributed by atoms with van der Waals surface area (Å²) in [7, 11) is 0. The standard InChI is InChI=1S/C26H30N4O2S/c1-7-19-8-10-20(11-9-19)25-30(18(6)31)23-17(5)12-16(4)13-21(23)22-24(32-25)27-26(29-28-22)33-14-15(2)3/h8-13,15,25H,7,14H2,1-6H3/t25-/m1/s1. The number of ether oxygens (including phenoxy) is 1. The molecule has 172 valence electrons. The number of carbonyl (C=O) groups is 1. The van der Waals surface area contributed by atoms with Gasteiger partial charge in [-0.15, -0.1) is 10.2 Å². The average molecular weight is 463 g/mol. The number of aryl methyl sites for hydroxylation is 3. The topological polar surface area (TPSA) is 68.2 Å². The summed E-state index contributed by atoms with van der Waals surface area (Å²) in [5, 5.41) is 9.48. The van der Waals surface area contributed by atoms with Crippen molar-refractivity contribution in [2.24, 2.45) is 5.92 Å². The van der Waals surface area contributed by atoms with Gasteiger partial charge < -0.3 is 4.74 Å². The molecule has 4 rings (SSSR count). The number of fused-ring (bicyclic) bond motifs is 3. The van der Waals surface area contributed by atoms with Crippen molar-refractivity contribution in [1.29, 1.82) is 0 Å². The van der Waals surface area contributed by atoms with Gasteiger partial charge in [0.15, 0.2) is 5.69 Å². The third kappa shape index (κ3) is 4.74. The van der Waals surface area contributed by atoms with Crippen molar-refractivity contribution in [3.63, 3.8) is 0 Å². The third-order valence-corrected chi connectivity index (χ3v) is 6.86. The molecule has 0 aliphatic carbocycles. The second kappa shape index (κ2) is 9.51. The molecule has 7 heteroatoms. The Balaban J connectivity index is 1.92. The Morgan fingerprint density at radius 2 is 1.88 bits per heavy atom. The molecule has 3 aromatic rings. The highest BCUT2D eigenvalue weighted by atomic mass is 32.2. The smallest absolute Gasteiger partial charge is 0.247 e. The molecule has 0 unspecified atom stereocenters. The Bertz CT molecular complexity index is 1180. The lowest BCUT2D eigenvalue weighted by Crippen LogP contribution is -2.36. The summed E-state index contributed by atoms with van der Waals surface area (Å²) in [6.07, 6.45) is 0.286. The Kier molecular flexibility index (Phi) is 6.70. The maximum Gasteiger partial charge on any atom is 0.247 e. The van der Waals surface area contributed by atoms with Crippen LogP contribution < -0.4 is 9.64 Å². The molecule has 0 bridgehead atoms. The minimum atomic E-state index is -0.658. The van der Waals surface area contributed by atoms with Crippen molar-refractivity contribution in [3.8, 4) is 17.1 Å². The normalized spacial score (nSPS) is 15.0. The fourth-order valence-corrected chi connectivity index (χ4v) is 4.77. The molecule has 0 N–H and O–H groups in total. The lowest BCUT2D eigenvalue weighted by Gasteiger charge is -2.31. The fourth-order valence-electron chi connectivity index (χ4n) is 4.04. The Morgan fingerprint density at radius 1 is 1.15 bits per heavy atom. The summed E-state index contributed by atoms with van der Waals surface area (Å²) in [4.78, 5) is 19.5. The highest BCUT2D eigenvalue weighted by Gasteiger charge is 2.35. The maximum absolute atomic E-state index is 13.0. The van der Waals surface area contributed by atoms with Crippen LogP contribution in [0.3, 0.4) is 0 Å². The second-order valence-corrected chi connectivity index (χ2v) is 9.87. The molecule has 1 aliphatic heterocycles. The van der Waals surface area contributed by atoms with E-state index in [1.54, 1.807) is 23.6 Å². The summed E-state index contributed by atoms with van der Waals surface area (Å²) >= 11 is 1.56.